The van der Waals surface area contributed by atoms with E-state index in [-0.39, 0.29) is 29.3 Å². The average molecular weight is 369 g/mol. The van der Waals surface area contributed by atoms with E-state index < -0.39 is 0 Å². The van der Waals surface area contributed by atoms with E-state index in [1.165, 1.54) is 0 Å². The molecule has 2 aromatic rings. The minimum Gasteiger partial charge on any atom is -0.336 e. The Morgan fingerprint density at radius 1 is 1.30 bits per heavy atom. The molecule has 4 rings (SSSR count). The lowest BCUT2D eigenvalue weighted by Gasteiger charge is -2.47. The lowest BCUT2D eigenvalue weighted by Crippen LogP contribution is -2.52. The highest BCUT2D eigenvalue weighted by molar-refractivity contribution is 5.92. The summed E-state index contributed by atoms with van der Waals surface area (Å²) in [6.07, 6.45) is 1.02. The van der Waals surface area contributed by atoms with E-state index >= 15 is 0 Å². The Morgan fingerprint density at radius 3 is 2.74 bits per heavy atom. The van der Waals surface area contributed by atoms with Crippen molar-refractivity contribution in [1.82, 2.24) is 24.1 Å². The van der Waals surface area contributed by atoms with Crippen LogP contribution in [0.3, 0.4) is 0 Å². The summed E-state index contributed by atoms with van der Waals surface area (Å²) in [6.45, 7) is 4.05. The SMILES string of the molecule is Cc1cc(C(=O)N2C[C@H]3C[C@@H](C2)[C@H](CN(C)C)n2c3cccc2=O)nn1C. The molecule has 7 nitrogen and oxygen atoms in total. The van der Waals surface area contributed by atoms with Gasteiger partial charge >= 0.3 is 0 Å². The van der Waals surface area contributed by atoms with Gasteiger partial charge in [0.15, 0.2) is 5.69 Å². The van der Waals surface area contributed by atoms with Gasteiger partial charge in [-0.1, -0.05) is 6.07 Å². The Kier molecular flexibility index (Phi) is 4.42. The van der Waals surface area contributed by atoms with Crippen molar-refractivity contribution >= 4 is 5.91 Å². The molecule has 7 heteroatoms. The predicted molar refractivity (Wildman–Crippen MR) is 103 cm³/mol. The van der Waals surface area contributed by atoms with E-state index in [4.69, 9.17) is 0 Å². The van der Waals surface area contributed by atoms with Crippen LogP contribution in [-0.4, -0.2) is 63.8 Å². The number of carbonyl (C=O) groups is 1. The second-order valence-electron chi connectivity index (χ2n) is 8.19. The first kappa shape index (κ1) is 18.0. The number of likely N-dealkylation sites (N-methyl/N-ethyl adjacent to an activating group) is 1. The molecule has 0 saturated carbocycles. The molecule has 2 aliphatic rings. The maximum Gasteiger partial charge on any atom is 0.274 e. The topological polar surface area (TPSA) is 63.4 Å². The number of hydrogen-bond acceptors (Lipinski definition) is 4. The Balaban J connectivity index is 1.69. The minimum atomic E-state index is -0.0104. The van der Waals surface area contributed by atoms with Crippen molar-refractivity contribution in [3.8, 4) is 0 Å². The fourth-order valence-corrected chi connectivity index (χ4v) is 4.64. The first-order valence-corrected chi connectivity index (χ1v) is 9.51. The number of fused-ring (bicyclic) bond motifs is 4. The summed E-state index contributed by atoms with van der Waals surface area (Å²) < 4.78 is 3.72. The van der Waals surface area contributed by atoms with Crippen LogP contribution in [0.4, 0.5) is 0 Å². The smallest absolute Gasteiger partial charge is 0.274 e. The Hall–Kier alpha value is -2.41. The monoisotopic (exact) mass is 369 g/mol. The van der Waals surface area contributed by atoms with Crippen LogP contribution < -0.4 is 5.56 Å². The van der Waals surface area contributed by atoms with Crippen molar-refractivity contribution in [3.63, 3.8) is 0 Å². The molecule has 2 aromatic heterocycles. The molecule has 27 heavy (non-hydrogen) atoms. The molecular weight excluding hydrogens is 342 g/mol. The number of carbonyl (C=O) groups excluding carboxylic acids is 1. The molecular formula is C20H27N5O2. The molecule has 0 aromatic carbocycles. The fraction of sp³-hybridized carbons (Fsp3) is 0.550. The third-order valence-corrected chi connectivity index (χ3v) is 5.97. The summed E-state index contributed by atoms with van der Waals surface area (Å²) in [5, 5.41) is 4.37. The molecule has 4 heterocycles. The highest BCUT2D eigenvalue weighted by Crippen LogP contribution is 2.41. The molecule has 2 bridgehead atoms. The third kappa shape index (κ3) is 3.10. The molecule has 0 radical (unpaired) electrons. The van der Waals surface area contributed by atoms with Gasteiger partial charge in [0.2, 0.25) is 0 Å². The minimum absolute atomic E-state index is 0.0104. The standard InChI is InChI=1S/C20H27N5O2/c1-13-8-16(21-23(13)4)20(27)24-10-14-9-15(11-24)18(12-22(2)3)25-17(14)6-5-7-19(25)26/h5-8,14-15,18H,9-12H2,1-4H3/t14-,15+,18+/m1/s1. The van der Waals surface area contributed by atoms with Gasteiger partial charge in [-0.15, -0.1) is 0 Å². The van der Waals surface area contributed by atoms with E-state index in [2.05, 4.69) is 10.00 Å². The largest absolute Gasteiger partial charge is 0.336 e. The van der Waals surface area contributed by atoms with E-state index in [0.717, 1.165) is 24.4 Å². The van der Waals surface area contributed by atoms with Crippen molar-refractivity contribution in [2.45, 2.75) is 25.3 Å². The number of amides is 1. The van der Waals surface area contributed by atoms with Crippen LogP contribution in [0.5, 0.6) is 0 Å². The number of likely N-dealkylation sites (tertiary alicyclic amines) is 1. The van der Waals surface area contributed by atoms with Crippen molar-refractivity contribution in [1.29, 1.82) is 0 Å². The molecule has 1 amide bonds. The molecule has 1 fully saturated rings. The molecule has 2 aliphatic heterocycles. The molecule has 0 unspecified atom stereocenters. The number of hydrogen-bond donors (Lipinski definition) is 0. The molecule has 1 saturated heterocycles. The summed E-state index contributed by atoms with van der Waals surface area (Å²) in [5.74, 6) is 0.459. The molecule has 0 spiro atoms. The predicted octanol–water partition coefficient (Wildman–Crippen LogP) is 1.25. The summed E-state index contributed by atoms with van der Waals surface area (Å²) in [6, 6.07) is 7.46. The van der Waals surface area contributed by atoms with Crippen molar-refractivity contribution in [2.24, 2.45) is 13.0 Å². The van der Waals surface area contributed by atoms with Crippen LogP contribution >= 0.6 is 0 Å². The fourth-order valence-electron chi connectivity index (χ4n) is 4.64. The number of rotatable bonds is 3. The number of nitrogens with zero attached hydrogens (tertiary/aromatic N) is 5. The zero-order valence-electron chi connectivity index (χ0n) is 16.4. The molecule has 144 valence electrons. The second kappa shape index (κ2) is 6.64. The van der Waals surface area contributed by atoms with Crippen LogP contribution in [-0.2, 0) is 7.05 Å². The van der Waals surface area contributed by atoms with Gasteiger partial charge < -0.3 is 14.4 Å². The Morgan fingerprint density at radius 2 is 2.07 bits per heavy atom. The normalized spacial score (nSPS) is 24.2. The van der Waals surface area contributed by atoms with Gasteiger partial charge in [0.1, 0.15) is 0 Å². The van der Waals surface area contributed by atoms with Crippen LogP contribution in [0.1, 0.15) is 40.3 Å². The highest BCUT2D eigenvalue weighted by atomic mass is 16.2. The van der Waals surface area contributed by atoms with E-state index in [0.29, 0.717) is 18.8 Å². The summed E-state index contributed by atoms with van der Waals surface area (Å²) >= 11 is 0. The van der Waals surface area contributed by atoms with E-state index in [1.54, 1.807) is 10.7 Å². The quantitative estimate of drug-likeness (QED) is 0.817. The highest BCUT2D eigenvalue weighted by Gasteiger charge is 2.42. The number of aromatic nitrogens is 3. The van der Waals surface area contributed by atoms with Crippen molar-refractivity contribution < 1.29 is 4.79 Å². The van der Waals surface area contributed by atoms with Crippen LogP contribution in [0.25, 0.3) is 0 Å². The summed E-state index contributed by atoms with van der Waals surface area (Å²) in [5.41, 5.74) is 2.59. The lowest BCUT2D eigenvalue weighted by molar-refractivity contribution is 0.0492. The molecule has 0 N–H and O–H groups in total. The Labute approximate surface area is 159 Å². The third-order valence-electron chi connectivity index (χ3n) is 5.97. The first-order valence-electron chi connectivity index (χ1n) is 9.51. The summed E-state index contributed by atoms with van der Waals surface area (Å²) in [7, 11) is 5.91. The van der Waals surface area contributed by atoms with Gasteiger partial charge in [0, 0.05) is 50.1 Å². The molecule has 3 atom stereocenters. The van der Waals surface area contributed by atoms with Gasteiger partial charge in [-0.3, -0.25) is 14.3 Å². The van der Waals surface area contributed by atoms with Gasteiger partial charge in [0.25, 0.3) is 11.5 Å². The van der Waals surface area contributed by atoms with Crippen LogP contribution in [0.15, 0.2) is 29.1 Å². The van der Waals surface area contributed by atoms with Crippen LogP contribution in [0.2, 0.25) is 0 Å². The van der Waals surface area contributed by atoms with Crippen LogP contribution in [0, 0.1) is 12.8 Å². The Bertz CT molecular complexity index is 909. The van der Waals surface area contributed by atoms with E-state index in [1.807, 2.05) is 55.7 Å². The molecule has 0 aliphatic carbocycles. The number of aryl methyl sites for hydroxylation is 2. The average Bonchev–Trinajstić information content (AvgIpc) is 2.96. The van der Waals surface area contributed by atoms with Crippen molar-refractivity contribution in [3.05, 3.63) is 51.7 Å². The maximum atomic E-state index is 13.1. The van der Waals surface area contributed by atoms with E-state index in [9.17, 15) is 9.59 Å². The second-order valence-corrected chi connectivity index (χ2v) is 8.19. The lowest BCUT2D eigenvalue weighted by atomic mass is 9.78. The maximum absolute atomic E-state index is 13.1. The zero-order chi connectivity index (χ0) is 19.3. The van der Waals surface area contributed by atoms with Gasteiger partial charge in [-0.2, -0.15) is 5.10 Å². The van der Waals surface area contributed by atoms with Gasteiger partial charge in [-0.05, 0) is 45.5 Å². The number of piperidine rings is 1. The summed E-state index contributed by atoms with van der Waals surface area (Å²) in [4.78, 5) is 29.7. The van der Waals surface area contributed by atoms with Crippen molar-refractivity contribution in [2.75, 3.05) is 33.7 Å². The zero-order valence-corrected chi connectivity index (χ0v) is 16.4. The number of pyridine rings is 1. The van der Waals surface area contributed by atoms with Gasteiger partial charge in [-0.25, -0.2) is 0 Å². The first-order chi connectivity index (χ1) is 12.8. The van der Waals surface area contributed by atoms with Gasteiger partial charge in [0.05, 0.1) is 6.04 Å².